The van der Waals surface area contributed by atoms with Crippen LogP contribution in [0, 0.1) is 0 Å². The molecule has 0 fully saturated rings. The first-order valence-corrected chi connectivity index (χ1v) is 5.27. The van der Waals surface area contributed by atoms with Crippen LogP contribution in [0.3, 0.4) is 0 Å². The van der Waals surface area contributed by atoms with Crippen molar-refractivity contribution in [1.82, 2.24) is 9.97 Å². The molecule has 0 radical (unpaired) electrons. The van der Waals surface area contributed by atoms with Crippen LogP contribution in [-0.2, 0) is 0 Å². The molecule has 1 heterocycles. The van der Waals surface area contributed by atoms with Crippen molar-refractivity contribution in [1.29, 1.82) is 0 Å². The predicted octanol–water partition coefficient (Wildman–Crippen LogP) is 2.31. The second kappa shape index (κ2) is 4.23. The van der Waals surface area contributed by atoms with Gasteiger partial charge in [0.15, 0.2) is 0 Å². The van der Waals surface area contributed by atoms with Crippen molar-refractivity contribution in [3.63, 3.8) is 0 Å². The van der Waals surface area contributed by atoms with Crippen LogP contribution in [0.25, 0.3) is 10.9 Å². The number of para-hydroxylation sites is 1. The van der Waals surface area contributed by atoms with E-state index < -0.39 is 0 Å². The average molecular weight is 238 g/mol. The first-order valence-electron chi connectivity index (χ1n) is 4.89. The fraction of sp³-hybridized carbons (Fsp3) is 0.273. The minimum atomic E-state index is -0.199. The summed E-state index contributed by atoms with van der Waals surface area (Å²) in [6, 6.07) is 5.42. The van der Waals surface area contributed by atoms with Crippen LogP contribution in [-0.4, -0.2) is 17.1 Å². The van der Waals surface area contributed by atoms with Gasteiger partial charge in [-0.25, -0.2) is 9.97 Å². The van der Waals surface area contributed by atoms with Crippen molar-refractivity contribution in [3.05, 3.63) is 29.2 Å². The van der Waals surface area contributed by atoms with E-state index in [0.29, 0.717) is 11.3 Å². The van der Waals surface area contributed by atoms with Crippen LogP contribution in [0.5, 0.6) is 5.75 Å². The number of benzene rings is 1. The largest absolute Gasteiger partial charge is 0.494 e. The van der Waals surface area contributed by atoms with Gasteiger partial charge in [-0.15, -0.1) is 0 Å². The van der Waals surface area contributed by atoms with Crippen molar-refractivity contribution < 1.29 is 4.74 Å². The number of nitrogens with two attached hydrogens (primary N) is 1. The molecule has 16 heavy (non-hydrogen) atoms. The first kappa shape index (κ1) is 11.1. The predicted molar refractivity (Wildman–Crippen MR) is 63.7 cm³/mol. The van der Waals surface area contributed by atoms with Crippen LogP contribution in [0.15, 0.2) is 18.2 Å². The molecular weight excluding hydrogens is 226 g/mol. The third kappa shape index (κ3) is 1.81. The first-order chi connectivity index (χ1) is 7.63. The van der Waals surface area contributed by atoms with E-state index in [1.165, 1.54) is 0 Å². The van der Waals surface area contributed by atoms with Crippen molar-refractivity contribution >= 4 is 22.5 Å². The Morgan fingerprint density at radius 1 is 1.38 bits per heavy atom. The summed E-state index contributed by atoms with van der Waals surface area (Å²) in [5.74, 6) is 0.670. The van der Waals surface area contributed by atoms with E-state index in [1.54, 1.807) is 7.11 Å². The van der Waals surface area contributed by atoms with Crippen molar-refractivity contribution in [2.24, 2.45) is 5.73 Å². The van der Waals surface area contributed by atoms with E-state index >= 15 is 0 Å². The number of methoxy groups -OCH3 is 1. The Hall–Kier alpha value is -1.39. The van der Waals surface area contributed by atoms with Gasteiger partial charge in [-0.2, -0.15) is 0 Å². The number of rotatable bonds is 2. The monoisotopic (exact) mass is 237 g/mol. The second-order valence-corrected chi connectivity index (χ2v) is 3.86. The van der Waals surface area contributed by atoms with Crippen molar-refractivity contribution in [3.8, 4) is 5.75 Å². The molecule has 1 aromatic carbocycles. The maximum atomic E-state index is 5.86. The molecule has 4 nitrogen and oxygen atoms in total. The number of halogens is 1. The molecule has 0 saturated heterocycles. The number of hydrogen-bond donors (Lipinski definition) is 1. The average Bonchev–Trinajstić information content (AvgIpc) is 2.27. The maximum absolute atomic E-state index is 5.86. The summed E-state index contributed by atoms with van der Waals surface area (Å²) >= 11 is 5.86. The maximum Gasteiger partial charge on any atom is 0.223 e. The van der Waals surface area contributed by atoms with Gasteiger partial charge in [-0.1, -0.05) is 12.1 Å². The zero-order chi connectivity index (χ0) is 11.7. The van der Waals surface area contributed by atoms with Gasteiger partial charge in [-0.05, 0) is 24.6 Å². The quantitative estimate of drug-likeness (QED) is 0.815. The Labute approximate surface area is 98.4 Å². The SMILES string of the molecule is COc1cccc2c(C(C)N)nc(Cl)nc12. The van der Waals surface area contributed by atoms with Gasteiger partial charge >= 0.3 is 0 Å². The van der Waals surface area contributed by atoms with Gasteiger partial charge in [0.05, 0.1) is 12.8 Å². The number of hydrogen-bond acceptors (Lipinski definition) is 4. The third-order valence-corrected chi connectivity index (χ3v) is 2.51. The summed E-state index contributed by atoms with van der Waals surface area (Å²) in [6.45, 7) is 1.86. The van der Waals surface area contributed by atoms with E-state index in [4.69, 9.17) is 22.1 Å². The molecule has 1 atom stereocenters. The summed E-state index contributed by atoms with van der Waals surface area (Å²) in [5.41, 5.74) is 7.27. The van der Waals surface area contributed by atoms with Gasteiger partial charge in [0, 0.05) is 11.4 Å². The molecule has 0 aliphatic rings. The minimum Gasteiger partial charge on any atom is -0.494 e. The van der Waals surface area contributed by atoms with E-state index in [1.807, 2.05) is 25.1 Å². The van der Waals surface area contributed by atoms with Crippen LogP contribution in [0.1, 0.15) is 18.7 Å². The lowest BCUT2D eigenvalue weighted by Crippen LogP contribution is -2.09. The Balaban J connectivity index is 2.83. The molecule has 2 rings (SSSR count). The van der Waals surface area contributed by atoms with Gasteiger partial charge in [0.1, 0.15) is 11.3 Å². The Kier molecular flexibility index (Phi) is 2.94. The number of aromatic nitrogens is 2. The third-order valence-electron chi connectivity index (χ3n) is 2.34. The lowest BCUT2D eigenvalue weighted by atomic mass is 10.1. The van der Waals surface area contributed by atoms with Gasteiger partial charge < -0.3 is 10.5 Å². The van der Waals surface area contributed by atoms with E-state index in [-0.39, 0.29) is 11.3 Å². The highest BCUT2D eigenvalue weighted by molar-refractivity contribution is 6.28. The van der Waals surface area contributed by atoms with Crippen LogP contribution >= 0.6 is 11.6 Å². The van der Waals surface area contributed by atoms with Crippen molar-refractivity contribution in [2.45, 2.75) is 13.0 Å². The summed E-state index contributed by atoms with van der Waals surface area (Å²) in [4.78, 5) is 8.31. The lowest BCUT2D eigenvalue weighted by Gasteiger charge is -2.11. The molecule has 84 valence electrons. The summed E-state index contributed by atoms with van der Waals surface area (Å²) in [6.07, 6.45) is 0. The van der Waals surface area contributed by atoms with Gasteiger partial charge in [-0.3, -0.25) is 0 Å². The Bertz CT molecular complexity index is 528. The topological polar surface area (TPSA) is 61.0 Å². The molecule has 2 N–H and O–H groups in total. The fourth-order valence-corrected chi connectivity index (χ4v) is 1.81. The lowest BCUT2D eigenvalue weighted by molar-refractivity contribution is 0.419. The summed E-state index contributed by atoms with van der Waals surface area (Å²) in [7, 11) is 1.59. The molecule has 0 spiro atoms. The molecule has 0 aliphatic carbocycles. The van der Waals surface area contributed by atoms with Crippen molar-refractivity contribution in [2.75, 3.05) is 7.11 Å². The van der Waals surface area contributed by atoms with Crippen LogP contribution < -0.4 is 10.5 Å². The van der Waals surface area contributed by atoms with E-state index in [2.05, 4.69) is 9.97 Å². The van der Waals surface area contributed by atoms with Crippen LogP contribution in [0.4, 0.5) is 0 Å². The minimum absolute atomic E-state index is 0.185. The van der Waals surface area contributed by atoms with Gasteiger partial charge in [0.2, 0.25) is 5.28 Å². The standard InChI is InChI=1S/C11H12ClN3O/c1-6(13)9-7-4-3-5-8(16-2)10(7)15-11(12)14-9/h3-6H,13H2,1-2H3. The molecule has 0 saturated carbocycles. The smallest absolute Gasteiger partial charge is 0.223 e. The van der Waals surface area contributed by atoms with Crippen LogP contribution in [0.2, 0.25) is 5.28 Å². The Morgan fingerprint density at radius 2 is 2.12 bits per heavy atom. The number of ether oxygens (including phenoxy) is 1. The van der Waals surface area contributed by atoms with E-state index in [0.717, 1.165) is 11.1 Å². The zero-order valence-electron chi connectivity index (χ0n) is 9.07. The molecule has 0 amide bonds. The number of fused-ring (bicyclic) bond motifs is 1. The molecular formula is C11H12ClN3O. The highest BCUT2D eigenvalue weighted by Gasteiger charge is 2.12. The molecule has 0 aliphatic heterocycles. The molecule has 0 bridgehead atoms. The number of nitrogens with zero attached hydrogens (tertiary/aromatic N) is 2. The van der Waals surface area contributed by atoms with Gasteiger partial charge in [0.25, 0.3) is 0 Å². The second-order valence-electron chi connectivity index (χ2n) is 3.52. The summed E-state index contributed by atoms with van der Waals surface area (Å²) in [5, 5.41) is 1.06. The summed E-state index contributed by atoms with van der Waals surface area (Å²) < 4.78 is 5.23. The zero-order valence-corrected chi connectivity index (χ0v) is 9.82. The molecule has 1 aromatic heterocycles. The highest BCUT2D eigenvalue weighted by Crippen LogP contribution is 2.28. The molecule has 5 heteroatoms. The Morgan fingerprint density at radius 3 is 2.75 bits per heavy atom. The van der Waals surface area contributed by atoms with E-state index in [9.17, 15) is 0 Å². The molecule has 1 unspecified atom stereocenters. The highest BCUT2D eigenvalue weighted by atomic mass is 35.5. The fourth-order valence-electron chi connectivity index (χ4n) is 1.63. The normalized spacial score (nSPS) is 12.8. The molecule has 2 aromatic rings.